The topological polar surface area (TPSA) is 85.9 Å². The van der Waals surface area contributed by atoms with Crippen molar-refractivity contribution in [2.24, 2.45) is 0 Å². The van der Waals surface area contributed by atoms with E-state index >= 15 is 0 Å². The number of aliphatic hydroxyl groups excluding tert-OH is 2. The summed E-state index contributed by atoms with van der Waals surface area (Å²) in [6, 6.07) is 1.19. The molecule has 1 unspecified atom stereocenters. The minimum atomic E-state index is -0.641. The van der Waals surface area contributed by atoms with Gasteiger partial charge in [-0.05, 0) is 21.0 Å². The van der Waals surface area contributed by atoms with Crippen LogP contribution in [0.5, 0.6) is 5.75 Å². The van der Waals surface area contributed by atoms with Crippen LogP contribution in [0.25, 0.3) is 0 Å². The molecule has 0 aliphatic heterocycles. The summed E-state index contributed by atoms with van der Waals surface area (Å²) >= 11 is 0. The number of aromatic hydroxyl groups is 1. The van der Waals surface area contributed by atoms with E-state index in [0.717, 1.165) is 0 Å². The fourth-order valence-corrected chi connectivity index (χ4v) is 1.82. The Morgan fingerprint density at radius 1 is 1.44 bits per heavy atom. The van der Waals surface area contributed by atoms with Crippen molar-refractivity contribution in [3.8, 4) is 5.75 Å². The van der Waals surface area contributed by atoms with Gasteiger partial charge in [-0.2, -0.15) is 0 Å². The highest BCUT2D eigenvalue weighted by Crippen LogP contribution is 2.17. The number of hydrogen-bond acceptors (Lipinski definition) is 5. The van der Waals surface area contributed by atoms with Gasteiger partial charge in [-0.25, -0.2) is 0 Å². The second-order valence-electron chi connectivity index (χ2n) is 4.65. The summed E-state index contributed by atoms with van der Waals surface area (Å²) in [6.07, 6.45) is -0.641. The highest BCUT2D eigenvalue weighted by Gasteiger charge is 2.16. The van der Waals surface area contributed by atoms with E-state index in [1.807, 2.05) is 14.1 Å². The number of nitrogens with zero attached hydrogens (tertiary/aromatic N) is 2. The normalized spacial score (nSPS) is 13.0. The third-order valence-corrected chi connectivity index (χ3v) is 2.55. The number of aromatic nitrogens is 1. The summed E-state index contributed by atoms with van der Waals surface area (Å²) in [5.74, 6) is -0.332. The van der Waals surface area contributed by atoms with E-state index in [1.54, 1.807) is 16.4 Å². The van der Waals surface area contributed by atoms with Gasteiger partial charge < -0.3 is 24.8 Å². The summed E-state index contributed by atoms with van der Waals surface area (Å²) in [7, 11) is 3.62. The van der Waals surface area contributed by atoms with Crippen molar-refractivity contribution >= 4 is 0 Å². The van der Waals surface area contributed by atoms with Crippen LogP contribution < -0.4 is 5.43 Å². The quantitative estimate of drug-likeness (QED) is 0.660. The highest BCUT2D eigenvalue weighted by atomic mass is 16.3. The number of hydrogen-bond donors (Lipinski definition) is 3. The van der Waals surface area contributed by atoms with Gasteiger partial charge in [-0.1, -0.05) is 0 Å². The molecule has 0 radical (unpaired) electrons. The van der Waals surface area contributed by atoms with Gasteiger partial charge in [-0.3, -0.25) is 4.79 Å². The molecule has 1 atom stereocenters. The molecule has 102 valence electrons. The standard InChI is InChI=1S/C12H20N2O4/c1-8(16)5-14-9(7-15)4-11(17)12(18)10(14)6-13(2)3/h4,8,15-16,18H,5-7H2,1-3H3. The van der Waals surface area contributed by atoms with Crippen LogP contribution in [-0.4, -0.2) is 45.0 Å². The lowest BCUT2D eigenvalue weighted by atomic mass is 10.2. The number of aliphatic hydroxyl groups is 2. The van der Waals surface area contributed by atoms with Gasteiger partial charge in [0.25, 0.3) is 0 Å². The maximum Gasteiger partial charge on any atom is 0.223 e. The van der Waals surface area contributed by atoms with Crippen molar-refractivity contribution in [1.82, 2.24) is 9.47 Å². The molecule has 0 aliphatic rings. The Labute approximate surface area is 106 Å². The molecular weight excluding hydrogens is 236 g/mol. The van der Waals surface area contributed by atoms with Gasteiger partial charge >= 0.3 is 0 Å². The predicted octanol–water partition coefficient (Wildman–Crippen LogP) is -0.511. The summed E-state index contributed by atoms with van der Waals surface area (Å²) in [5, 5.41) is 28.6. The summed E-state index contributed by atoms with van der Waals surface area (Å²) in [6.45, 7) is 1.85. The van der Waals surface area contributed by atoms with E-state index in [4.69, 9.17) is 0 Å². The maximum atomic E-state index is 11.6. The number of pyridine rings is 1. The molecule has 0 saturated carbocycles. The van der Waals surface area contributed by atoms with Crippen molar-refractivity contribution in [3.63, 3.8) is 0 Å². The molecule has 0 spiro atoms. The second kappa shape index (κ2) is 5.99. The van der Waals surface area contributed by atoms with Crippen LogP contribution in [-0.2, 0) is 19.7 Å². The minimum absolute atomic E-state index is 0.215. The predicted molar refractivity (Wildman–Crippen MR) is 67.4 cm³/mol. The zero-order valence-corrected chi connectivity index (χ0v) is 10.9. The SMILES string of the molecule is CC(O)Cn1c(CO)cc(=O)c(O)c1CN(C)C. The lowest BCUT2D eigenvalue weighted by Crippen LogP contribution is -2.26. The highest BCUT2D eigenvalue weighted by molar-refractivity contribution is 5.30. The van der Waals surface area contributed by atoms with Gasteiger partial charge in [0.2, 0.25) is 5.43 Å². The third-order valence-electron chi connectivity index (χ3n) is 2.55. The van der Waals surface area contributed by atoms with Gasteiger partial charge in [0.1, 0.15) is 0 Å². The fraction of sp³-hybridized carbons (Fsp3) is 0.583. The molecular formula is C12H20N2O4. The van der Waals surface area contributed by atoms with Gasteiger partial charge in [0.15, 0.2) is 5.75 Å². The van der Waals surface area contributed by atoms with E-state index in [1.165, 1.54) is 6.07 Å². The molecule has 1 aromatic rings. The number of rotatable bonds is 5. The van der Waals surface area contributed by atoms with Crippen LogP contribution in [0.4, 0.5) is 0 Å². The van der Waals surface area contributed by atoms with Gasteiger partial charge in [0, 0.05) is 24.8 Å². The first-order valence-electron chi connectivity index (χ1n) is 5.75. The molecule has 1 aromatic heterocycles. The molecule has 0 amide bonds. The van der Waals surface area contributed by atoms with Gasteiger partial charge in [-0.15, -0.1) is 0 Å². The molecule has 0 aromatic carbocycles. The summed E-state index contributed by atoms with van der Waals surface area (Å²) in [4.78, 5) is 13.4. The first kappa shape index (κ1) is 14.7. The van der Waals surface area contributed by atoms with Crippen LogP contribution in [0.3, 0.4) is 0 Å². The Hall–Kier alpha value is -1.37. The largest absolute Gasteiger partial charge is 0.503 e. The molecule has 6 heteroatoms. The maximum absolute atomic E-state index is 11.6. The molecule has 1 rings (SSSR count). The monoisotopic (exact) mass is 256 g/mol. The molecule has 6 nitrogen and oxygen atoms in total. The fourth-order valence-electron chi connectivity index (χ4n) is 1.82. The van der Waals surface area contributed by atoms with Crippen LogP contribution in [0.1, 0.15) is 18.3 Å². The van der Waals surface area contributed by atoms with Crippen molar-refractivity contribution in [2.45, 2.75) is 32.7 Å². The third kappa shape index (κ3) is 3.32. The van der Waals surface area contributed by atoms with Crippen molar-refractivity contribution in [1.29, 1.82) is 0 Å². The van der Waals surface area contributed by atoms with E-state index in [9.17, 15) is 20.1 Å². The lowest BCUT2D eigenvalue weighted by Gasteiger charge is -2.22. The van der Waals surface area contributed by atoms with Crippen molar-refractivity contribution in [2.75, 3.05) is 14.1 Å². The Morgan fingerprint density at radius 3 is 2.50 bits per heavy atom. The van der Waals surface area contributed by atoms with Crippen LogP contribution in [0, 0.1) is 0 Å². The smallest absolute Gasteiger partial charge is 0.223 e. The zero-order valence-electron chi connectivity index (χ0n) is 10.9. The second-order valence-corrected chi connectivity index (χ2v) is 4.65. The van der Waals surface area contributed by atoms with Crippen LogP contribution in [0.2, 0.25) is 0 Å². The average Bonchev–Trinajstić information content (AvgIpc) is 2.27. The molecule has 0 bridgehead atoms. The Morgan fingerprint density at radius 2 is 2.06 bits per heavy atom. The molecule has 0 fully saturated rings. The summed E-state index contributed by atoms with van der Waals surface area (Å²) in [5.41, 5.74) is 0.269. The Balaban J connectivity index is 3.40. The van der Waals surface area contributed by atoms with Crippen LogP contribution in [0.15, 0.2) is 10.9 Å². The van der Waals surface area contributed by atoms with E-state index in [0.29, 0.717) is 17.9 Å². The molecule has 0 aliphatic carbocycles. The first-order valence-corrected chi connectivity index (χ1v) is 5.75. The lowest BCUT2D eigenvalue weighted by molar-refractivity contribution is 0.164. The minimum Gasteiger partial charge on any atom is -0.503 e. The van der Waals surface area contributed by atoms with E-state index < -0.39 is 11.5 Å². The Bertz CT molecular complexity index is 466. The zero-order chi connectivity index (χ0) is 13.9. The van der Waals surface area contributed by atoms with E-state index in [2.05, 4.69) is 0 Å². The van der Waals surface area contributed by atoms with Crippen molar-refractivity contribution in [3.05, 3.63) is 27.7 Å². The average molecular weight is 256 g/mol. The molecule has 18 heavy (non-hydrogen) atoms. The summed E-state index contributed by atoms with van der Waals surface area (Å²) < 4.78 is 1.58. The van der Waals surface area contributed by atoms with E-state index in [-0.39, 0.29) is 18.9 Å². The molecule has 1 heterocycles. The Kier molecular flexibility index (Phi) is 4.89. The first-order chi connectivity index (χ1) is 8.36. The molecule has 0 saturated heterocycles. The van der Waals surface area contributed by atoms with Gasteiger partial charge in [0.05, 0.1) is 18.4 Å². The van der Waals surface area contributed by atoms with Crippen LogP contribution >= 0.6 is 0 Å². The molecule has 3 N–H and O–H groups in total. The van der Waals surface area contributed by atoms with Crippen molar-refractivity contribution < 1.29 is 15.3 Å².